The summed E-state index contributed by atoms with van der Waals surface area (Å²) in [5.41, 5.74) is 5.65. The monoisotopic (exact) mass is 284 g/mol. The molecular weight excluding hydrogens is 266 g/mol. The summed E-state index contributed by atoms with van der Waals surface area (Å²) in [5, 5.41) is 0. The molecule has 0 saturated heterocycles. The van der Waals surface area contributed by atoms with Gasteiger partial charge in [-0.05, 0) is 37.9 Å². The molecule has 0 unspecified atom stereocenters. The normalized spacial score (nSPS) is 14.4. The van der Waals surface area contributed by atoms with Gasteiger partial charge in [0, 0.05) is 12.6 Å². The van der Waals surface area contributed by atoms with E-state index in [0.717, 1.165) is 12.8 Å². The third kappa shape index (κ3) is 3.66. The summed E-state index contributed by atoms with van der Waals surface area (Å²) in [6, 6.07) is 6.30. The molecule has 1 aromatic carbocycles. The van der Waals surface area contributed by atoms with Crippen LogP contribution >= 0.6 is 0 Å². The van der Waals surface area contributed by atoms with E-state index in [0.29, 0.717) is 19.5 Å². The van der Waals surface area contributed by atoms with Gasteiger partial charge in [-0.1, -0.05) is 12.1 Å². The van der Waals surface area contributed by atoms with E-state index in [-0.39, 0.29) is 23.3 Å². The fourth-order valence-electron chi connectivity index (χ4n) is 2.09. The number of carbonyl (C=O) groups is 1. The van der Waals surface area contributed by atoms with E-state index in [1.54, 1.807) is 17.0 Å². The van der Waals surface area contributed by atoms with Crippen molar-refractivity contribution in [3.8, 4) is 5.75 Å². The summed E-state index contributed by atoms with van der Waals surface area (Å²) in [6.45, 7) is -1.91. The standard InChI is InChI=1S/C14H18F2N2O2/c15-14(16)20-12-5-2-1-4-11(12)13(19)18(9-3-8-17)10-6-7-10/h1-2,4-5,10,14H,3,6-9,17H2. The Bertz CT molecular complexity index is 464. The maximum Gasteiger partial charge on any atom is 0.387 e. The summed E-state index contributed by atoms with van der Waals surface area (Å²) in [5.74, 6) is -0.344. The number of halogens is 2. The number of benzene rings is 1. The number of nitrogens with zero attached hydrogens (tertiary/aromatic N) is 1. The second-order valence-corrected chi connectivity index (χ2v) is 4.75. The molecule has 2 N–H and O–H groups in total. The van der Waals surface area contributed by atoms with Crippen LogP contribution in [0.3, 0.4) is 0 Å². The van der Waals surface area contributed by atoms with E-state index >= 15 is 0 Å². The quantitative estimate of drug-likeness (QED) is 0.835. The Morgan fingerprint density at radius 2 is 2.10 bits per heavy atom. The number of para-hydroxylation sites is 1. The van der Waals surface area contributed by atoms with Gasteiger partial charge in [0.2, 0.25) is 0 Å². The number of nitrogens with two attached hydrogens (primary N) is 1. The highest BCUT2D eigenvalue weighted by Crippen LogP contribution is 2.30. The first-order valence-corrected chi connectivity index (χ1v) is 6.68. The molecule has 0 heterocycles. The van der Waals surface area contributed by atoms with Crippen LogP contribution < -0.4 is 10.5 Å². The minimum Gasteiger partial charge on any atom is -0.434 e. The van der Waals surface area contributed by atoms with Crippen molar-refractivity contribution in [3.63, 3.8) is 0 Å². The highest BCUT2D eigenvalue weighted by Gasteiger charge is 2.33. The number of amides is 1. The molecular formula is C14H18F2N2O2. The van der Waals surface area contributed by atoms with Gasteiger partial charge in [-0.15, -0.1) is 0 Å². The number of hydrogen-bond acceptors (Lipinski definition) is 3. The maximum absolute atomic E-state index is 12.5. The van der Waals surface area contributed by atoms with Gasteiger partial charge in [0.15, 0.2) is 0 Å². The number of carbonyl (C=O) groups excluding carboxylic acids is 1. The van der Waals surface area contributed by atoms with Crippen molar-refractivity contribution in [1.82, 2.24) is 4.90 Å². The van der Waals surface area contributed by atoms with Crippen molar-refractivity contribution in [2.75, 3.05) is 13.1 Å². The second-order valence-electron chi connectivity index (χ2n) is 4.75. The minimum atomic E-state index is -2.94. The van der Waals surface area contributed by atoms with E-state index in [9.17, 15) is 13.6 Å². The van der Waals surface area contributed by atoms with Crippen LogP contribution in [0, 0.1) is 0 Å². The molecule has 1 aliphatic rings. The highest BCUT2D eigenvalue weighted by atomic mass is 19.3. The van der Waals surface area contributed by atoms with Crippen LogP contribution in [-0.2, 0) is 0 Å². The van der Waals surface area contributed by atoms with Gasteiger partial charge >= 0.3 is 6.61 Å². The first-order valence-electron chi connectivity index (χ1n) is 6.68. The van der Waals surface area contributed by atoms with Crippen molar-refractivity contribution >= 4 is 5.91 Å². The fraction of sp³-hybridized carbons (Fsp3) is 0.500. The number of alkyl halides is 2. The molecule has 4 nitrogen and oxygen atoms in total. The lowest BCUT2D eigenvalue weighted by atomic mass is 10.1. The molecule has 0 atom stereocenters. The molecule has 1 amide bonds. The predicted molar refractivity (Wildman–Crippen MR) is 70.8 cm³/mol. The Morgan fingerprint density at radius 1 is 1.40 bits per heavy atom. The summed E-state index contributed by atoms with van der Waals surface area (Å²) in [4.78, 5) is 14.2. The Hall–Kier alpha value is -1.69. The number of rotatable bonds is 7. The largest absolute Gasteiger partial charge is 0.434 e. The van der Waals surface area contributed by atoms with Gasteiger partial charge in [-0.2, -0.15) is 8.78 Å². The topological polar surface area (TPSA) is 55.6 Å². The van der Waals surface area contributed by atoms with E-state index in [4.69, 9.17) is 5.73 Å². The van der Waals surface area contributed by atoms with E-state index in [1.165, 1.54) is 12.1 Å². The van der Waals surface area contributed by atoms with Gasteiger partial charge < -0.3 is 15.4 Å². The van der Waals surface area contributed by atoms with Gasteiger partial charge in [-0.3, -0.25) is 4.79 Å². The molecule has 2 rings (SSSR count). The zero-order valence-corrected chi connectivity index (χ0v) is 11.1. The zero-order chi connectivity index (χ0) is 14.5. The average Bonchev–Trinajstić information content (AvgIpc) is 3.23. The Kier molecular flexibility index (Phi) is 4.89. The Labute approximate surface area is 116 Å². The van der Waals surface area contributed by atoms with E-state index in [1.807, 2.05) is 0 Å². The fourth-order valence-corrected chi connectivity index (χ4v) is 2.09. The molecule has 0 bridgehead atoms. The first kappa shape index (κ1) is 14.7. The second kappa shape index (κ2) is 6.65. The van der Waals surface area contributed by atoms with Crippen LogP contribution in [-0.4, -0.2) is 36.5 Å². The SMILES string of the molecule is NCCCN(C(=O)c1ccccc1OC(F)F)C1CC1. The lowest BCUT2D eigenvalue weighted by molar-refractivity contribution is -0.0502. The van der Waals surface area contributed by atoms with E-state index < -0.39 is 6.61 Å². The summed E-state index contributed by atoms with van der Waals surface area (Å²) in [7, 11) is 0. The van der Waals surface area contributed by atoms with Crippen LogP contribution in [0.2, 0.25) is 0 Å². The molecule has 1 aromatic rings. The summed E-state index contributed by atoms with van der Waals surface area (Å²) >= 11 is 0. The highest BCUT2D eigenvalue weighted by molar-refractivity contribution is 5.97. The predicted octanol–water partition coefficient (Wildman–Crippen LogP) is 2.24. The Balaban J connectivity index is 2.17. The third-order valence-electron chi connectivity index (χ3n) is 3.19. The number of ether oxygens (including phenoxy) is 1. The van der Waals surface area contributed by atoms with E-state index in [2.05, 4.69) is 4.74 Å². The Morgan fingerprint density at radius 3 is 2.70 bits per heavy atom. The average molecular weight is 284 g/mol. The lowest BCUT2D eigenvalue weighted by Gasteiger charge is -2.23. The molecule has 20 heavy (non-hydrogen) atoms. The summed E-state index contributed by atoms with van der Waals surface area (Å²) < 4.78 is 29.2. The molecule has 1 fully saturated rings. The first-order chi connectivity index (χ1) is 9.63. The molecule has 0 aliphatic heterocycles. The molecule has 0 radical (unpaired) electrons. The van der Waals surface area contributed by atoms with Crippen molar-refractivity contribution in [1.29, 1.82) is 0 Å². The summed E-state index contributed by atoms with van der Waals surface area (Å²) in [6.07, 6.45) is 2.60. The van der Waals surface area contributed by atoms with Gasteiger partial charge in [0.25, 0.3) is 5.91 Å². The molecule has 110 valence electrons. The maximum atomic E-state index is 12.5. The lowest BCUT2D eigenvalue weighted by Crippen LogP contribution is -2.35. The third-order valence-corrected chi connectivity index (χ3v) is 3.19. The van der Waals surface area contributed by atoms with Gasteiger partial charge in [0.05, 0.1) is 5.56 Å². The van der Waals surface area contributed by atoms with Crippen LogP contribution in [0.5, 0.6) is 5.75 Å². The van der Waals surface area contributed by atoms with Gasteiger partial charge in [0.1, 0.15) is 5.75 Å². The van der Waals surface area contributed by atoms with Crippen LogP contribution in [0.4, 0.5) is 8.78 Å². The minimum absolute atomic E-state index is 0.0779. The van der Waals surface area contributed by atoms with Crippen molar-refractivity contribution < 1.29 is 18.3 Å². The van der Waals surface area contributed by atoms with Crippen LogP contribution in [0.15, 0.2) is 24.3 Å². The van der Waals surface area contributed by atoms with Gasteiger partial charge in [-0.25, -0.2) is 0 Å². The van der Waals surface area contributed by atoms with Crippen molar-refractivity contribution in [2.45, 2.75) is 31.9 Å². The number of hydrogen-bond donors (Lipinski definition) is 1. The van der Waals surface area contributed by atoms with Crippen molar-refractivity contribution in [3.05, 3.63) is 29.8 Å². The molecule has 1 aliphatic carbocycles. The molecule has 0 aromatic heterocycles. The molecule has 6 heteroatoms. The zero-order valence-electron chi connectivity index (χ0n) is 11.1. The molecule has 1 saturated carbocycles. The smallest absolute Gasteiger partial charge is 0.387 e. The van der Waals surface area contributed by atoms with Crippen molar-refractivity contribution in [2.24, 2.45) is 5.73 Å². The van der Waals surface area contributed by atoms with Crippen LogP contribution in [0.1, 0.15) is 29.6 Å². The van der Waals surface area contributed by atoms with Crippen LogP contribution in [0.25, 0.3) is 0 Å². The molecule has 0 spiro atoms.